The maximum atomic E-state index is 12.7. The van der Waals surface area contributed by atoms with Gasteiger partial charge in [0.2, 0.25) is 10.0 Å². The Balaban J connectivity index is 2.06. The first-order chi connectivity index (χ1) is 9.18. The topological polar surface area (TPSA) is 101 Å². The molecule has 0 amide bonds. The van der Waals surface area contributed by atoms with Gasteiger partial charge in [-0.3, -0.25) is 0 Å². The molecule has 6 nitrogen and oxygen atoms in total. The average Bonchev–Trinajstić information content (AvgIpc) is 2.32. The lowest BCUT2D eigenvalue weighted by molar-refractivity contribution is 0.0453. The number of halogens is 1. The van der Waals surface area contributed by atoms with E-state index in [0.29, 0.717) is 12.8 Å². The molecule has 1 aromatic carbocycles. The zero-order chi connectivity index (χ0) is 15.0. The third-order valence-corrected chi connectivity index (χ3v) is 5.46. The largest absolute Gasteiger partial charge is 0.393 e. The van der Waals surface area contributed by atoms with E-state index in [9.17, 15) is 20.7 Å². The van der Waals surface area contributed by atoms with E-state index in [-0.39, 0.29) is 23.5 Å². The lowest BCUT2D eigenvalue weighted by Crippen LogP contribution is -2.38. The molecule has 1 saturated carbocycles. The summed E-state index contributed by atoms with van der Waals surface area (Å²) in [6, 6.07) is 3.86. The van der Waals surface area contributed by atoms with Gasteiger partial charge in [0, 0.05) is 6.54 Å². The first kappa shape index (κ1) is 15.4. The van der Waals surface area contributed by atoms with Crippen molar-refractivity contribution < 1.29 is 25.8 Å². The van der Waals surface area contributed by atoms with E-state index in [1.807, 2.05) is 0 Å². The highest BCUT2D eigenvalue weighted by molar-refractivity contribution is 7.89. The summed E-state index contributed by atoms with van der Waals surface area (Å²) in [6.07, 6.45) is 0.752. The van der Waals surface area contributed by atoms with Gasteiger partial charge < -0.3 is 5.11 Å². The number of aliphatic hydroxyl groups is 1. The van der Waals surface area contributed by atoms with Crippen LogP contribution in [-0.2, 0) is 20.2 Å². The Morgan fingerprint density at radius 3 is 2.05 bits per heavy atom. The number of aliphatic hydroxyl groups excluding tert-OH is 1. The van der Waals surface area contributed by atoms with Crippen molar-refractivity contribution in [2.75, 3.05) is 6.54 Å². The van der Waals surface area contributed by atoms with Crippen LogP contribution in [0.3, 0.4) is 0 Å². The summed E-state index contributed by atoms with van der Waals surface area (Å²) in [6.45, 7) is 0.211. The Kier molecular flexibility index (Phi) is 4.14. The fraction of sp³-hybridized carbons (Fsp3) is 0.455. The van der Waals surface area contributed by atoms with Crippen LogP contribution in [0, 0.1) is 5.92 Å². The van der Waals surface area contributed by atoms with Gasteiger partial charge in [0.15, 0.2) is 0 Å². The van der Waals surface area contributed by atoms with E-state index < -0.39 is 25.1 Å². The summed E-state index contributed by atoms with van der Waals surface area (Å²) < 4.78 is 60.1. The molecule has 2 rings (SSSR count). The molecule has 0 aromatic heterocycles. The van der Waals surface area contributed by atoms with Crippen LogP contribution in [0.15, 0.2) is 34.1 Å². The standard InChI is InChI=1S/C11H14FNO5S2/c12-19(15,16)10-1-3-11(4-2-10)20(17,18)13-7-8-5-9(14)6-8/h1-4,8-9,13-14H,5-7H2. The predicted octanol–water partition coefficient (Wildman–Crippen LogP) is 0.394. The van der Waals surface area contributed by atoms with Gasteiger partial charge in [-0.2, -0.15) is 8.42 Å². The van der Waals surface area contributed by atoms with Crippen molar-refractivity contribution in [1.29, 1.82) is 0 Å². The molecular formula is C11H14FNO5S2. The highest BCUT2D eigenvalue weighted by Crippen LogP contribution is 2.26. The second kappa shape index (κ2) is 5.40. The van der Waals surface area contributed by atoms with E-state index >= 15 is 0 Å². The Morgan fingerprint density at radius 1 is 1.10 bits per heavy atom. The molecule has 2 N–H and O–H groups in total. The fourth-order valence-electron chi connectivity index (χ4n) is 1.96. The highest BCUT2D eigenvalue weighted by atomic mass is 32.3. The Bertz CT molecular complexity index is 678. The van der Waals surface area contributed by atoms with Gasteiger partial charge in [-0.15, -0.1) is 3.89 Å². The van der Waals surface area contributed by atoms with Gasteiger partial charge in [-0.25, -0.2) is 13.1 Å². The van der Waals surface area contributed by atoms with Crippen LogP contribution >= 0.6 is 0 Å². The second-order valence-corrected chi connectivity index (χ2v) is 7.87. The number of rotatable bonds is 5. The molecule has 0 radical (unpaired) electrons. The Hall–Kier alpha value is -1.03. The lowest BCUT2D eigenvalue weighted by atomic mass is 9.83. The minimum Gasteiger partial charge on any atom is -0.393 e. The van der Waals surface area contributed by atoms with Crippen LogP contribution in [0.1, 0.15) is 12.8 Å². The van der Waals surface area contributed by atoms with Gasteiger partial charge in [0.1, 0.15) is 0 Å². The van der Waals surface area contributed by atoms with Crippen LogP contribution < -0.4 is 4.72 Å². The molecule has 0 bridgehead atoms. The number of hydrogen-bond acceptors (Lipinski definition) is 5. The van der Waals surface area contributed by atoms with Crippen molar-refractivity contribution in [3.63, 3.8) is 0 Å². The van der Waals surface area contributed by atoms with Gasteiger partial charge in [0.05, 0.1) is 15.9 Å². The molecule has 112 valence electrons. The molecule has 1 fully saturated rings. The quantitative estimate of drug-likeness (QED) is 0.764. The van der Waals surface area contributed by atoms with Crippen LogP contribution in [0.2, 0.25) is 0 Å². The molecule has 20 heavy (non-hydrogen) atoms. The van der Waals surface area contributed by atoms with Crippen molar-refractivity contribution in [3.05, 3.63) is 24.3 Å². The zero-order valence-electron chi connectivity index (χ0n) is 10.4. The van der Waals surface area contributed by atoms with E-state index in [2.05, 4.69) is 4.72 Å². The normalized spacial score (nSPS) is 23.3. The van der Waals surface area contributed by atoms with Crippen molar-refractivity contribution in [1.82, 2.24) is 4.72 Å². The first-order valence-corrected chi connectivity index (χ1v) is 8.77. The van der Waals surface area contributed by atoms with Crippen molar-refractivity contribution in [2.45, 2.75) is 28.7 Å². The molecule has 0 atom stereocenters. The van der Waals surface area contributed by atoms with Gasteiger partial charge in [-0.05, 0) is 43.0 Å². The second-order valence-electron chi connectivity index (χ2n) is 4.75. The summed E-state index contributed by atoms with van der Waals surface area (Å²) in [5.74, 6) is 0.102. The number of hydrogen-bond donors (Lipinski definition) is 2. The smallest absolute Gasteiger partial charge is 0.332 e. The first-order valence-electron chi connectivity index (χ1n) is 5.91. The van der Waals surface area contributed by atoms with Crippen LogP contribution in [0.4, 0.5) is 3.89 Å². The van der Waals surface area contributed by atoms with Crippen molar-refractivity contribution in [2.24, 2.45) is 5.92 Å². The van der Waals surface area contributed by atoms with Gasteiger partial charge in [-0.1, -0.05) is 0 Å². The molecule has 1 aliphatic carbocycles. The third-order valence-electron chi connectivity index (χ3n) is 3.19. The van der Waals surface area contributed by atoms with E-state index in [0.717, 1.165) is 24.3 Å². The monoisotopic (exact) mass is 323 g/mol. The lowest BCUT2D eigenvalue weighted by Gasteiger charge is -2.31. The third kappa shape index (κ3) is 3.54. The van der Waals surface area contributed by atoms with Crippen molar-refractivity contribution >= 4 is 20.2 Å². The van der Waals surface area contributed by atoms with Crippen molar-refractivity contribution in [3.8, 4) is 0 Å². The molecule has 0 aliphatic heterocycles. The average molecular weight is 323 g/mol. The SMILES string of the molecule is O=S(=O)(F)c1ccc(S(=O)(=O)NCC2CC(O)C2)cc1. The molecule has 1 aliphatic rings. The molecule has 0 unspecified atom stereocenters. The van der Waals surface area contributed by atoms with Gasteiger partial charge in [0.25, 0.3) is 0 Å². The molecule has 1 aromatic rings. The van der Waals surface area contributed by atoms with Crippen LogP contribution in [-0.4, -0.2) is 34.6 Å². The molecule has 9 heteroatoms. The zero-order valence-corrected chi connectivity index (χ0v) is 12.0. The Labute approximate surface area is 116 Å². The van der Waals surface area contributed by atoms with E-state index in [4.69, 9.17) is 5.11 Å². The number of nitrogens with one attached hydrogen (secondary N) is 1. The molecular weight excluding hydrogens is 309 g/mol. The van der Waals surface area contributed by atoms with Crippen LogP contribution in [0.25, 0.3) is 0 Å². The maximum absolute atomic E-state index is 12.7. The number of benzene rings is 1. The minimum absolute atomic E-state index is 0.102. The highest BCUT2D eigenvalue weighted by Gasteiger charge is 2.28. The molecule has 0 spiro atoms. The summed E-state index contributed by atoms with van der Waals surface area (Å²) in [4.78, 5) is -0.719. The summed E-state index contributed by atoms with van der Waals surface area (Å²) in [5.41, 5.74) is 0. The van der Waals surface area contributed by atoms with E-state index in [1.165, 1.54) is 0 Å². The fourth-order valence-corrected chi connectivity index (χ4v) is 3.54. The number of sulfonamides is 1. The molecule has 0 saturated heterocycles. The van der Waals surface area contributed by atoms with Crippen LogP contribution in [0.5, 0.6) is 0 Å². The minimum atomic E-state index is -4.83. The van der Waals surface area contributed by atoms with E-state index in [1.54, 1.807) is 0 Å². The summed E-state index contributed by atoms with van der Waals surface area (Å²) >= 11 is 0. The maximum Gasteiger partial charge on any atom is 0.332 e. The molecule has 0 heterocycles. The Morgan fingerprint density at radius 2 is 1.60 bits per heavy atom. The summed E-state index contributed by atoms with van der Waals surface area (Å²) in [7, 11) is -8.59. The predicted molar refractivity (Wildman–Crippen MR) is 68.7 cm³/mol. The van der Waals surface area contributed by atoms with Gasteiger partial charge >= 0.3 is 10.2 Å². The summed E-state index contributed by atoms with van der Waals surface area (Å²) in [5, 5.41) is 9.10.